The molecule has 0 N–H and O–H groups in total. The summed E-state index contributed by atoms with van der Waals surface area (Å²) in [5, 5.41) is 4.59. The summed E-state index contributed by atoms with van der Waals surface area (Å²) >= 11 is 0. The monoisotopic (exact) mass is 652 g/mol. The summed E-state index contributed by atoms with van der Waals surface area (Å²) in [6.07, 6.45) is 3.88. The van der Waals surface area contributed by atoms with Gasteiger partial charge in [-0.05, 0) is 77.9 Å². The summed E-state index contributed by atoms with van der Waals surface area (Å²) in [5.74, 6) is 0. The van der Waals surface area contributed by atoms with E-state index >= 15 is 0 Å². The standard InChI is InChI=1S/C46H28N4O/c1-3-12-29(13-4-1)33-22-23-38-44(35-17-7-9-18-37(35)50(38)32-21-24-42-36(27-32)34-16-8-10-20-41(34)51-42)43(33)30-26-40-46(48-28-30)45-39(19-11-25-47-45)49(40)31-14-5-2-6-15-31/h1-28H. The van der Waals surface area contributed by atoms with Crippen molar-refractivity contribution < 1.29 is 4.42 Å². The number of hydrogen-bond acceptors (Lipinski definition) is 3. The van der Waals surface area contributed by atoms with Crippen LogP contribution >= 0.6 is 0 Å². The average molecular weight is 653 g/mol. The molecule has 0 saturated heterocycles. The Morgan fingerprint density at radius 1 is 0.431 bits per heavy atom. The van der Waals surface area contributed by atoms with Gasteiger partial charge >= 0.3 is 0 Å². The lowest BCUT2D eigenvalue weighted by Gasteiger charge is -2.15. The van der Waals surface area contributed by atoms with Crippen LogP contribution in [0.25, 0.3) is 99.4 Å². The first-order valence-electron chi connectivity index (χ1n) is 17.2. The van der Waals surface area contributed by atoms with Crippen molar-refractivity contribution in [2.75, 3.05) is 0 Å². The van der Waals surface area contributed by atoms with E-state index in [4.69, 9.17) is 14.4 Å². The van der Waals surface area contributed by atoms with E-state index < -0.39 is 0 Å². The summed E-state index contributed by atoms with van der Waals surface area (Å²) in [5.41, 5.74) is 14.5. The van der Waals surface area contributed by atoms with Crippen LogP contribution in [-0.2, 0) is 0 Å². The van der Waals surface area contributed by atoms with Gasteiger partial charge in [-0.1, -0.05) is 91.0 Å². The molecule has 0 amide bonds. The van der Waals surface area contributed by atoms with Crippen molar-refractivity contribution in [3.05, 3.63) is 170 Å². The van der Waals surface area contributed by atoms with Gasteiger partial charge in [-0.2, -0.15) is 0 Å². The molecular weight excluding hydrogens is 625 g/mol. The van der Waals surface area contributed by atoms with Crippen molar-refractivity contribution in [1.82, 2.24) is 19.1 Å². The normalized spacial score (nSPS) is 11.9. The third kappa shape index (κ3) is 4.09. The molecule has 11 rings (SSSR count). The Hall–Kier alpha value is -6.98. The van der Waals surface area contributed by atoms with Gasteiger partial charge in [-0.3, -0.25) is 9.97 Å². The second-order valence-corrected chi connectivity index (χ2v) is 13.0. The predicted molar refractivity (Wildman–Crippen MR) is 209 cm³/mol. The molecule has 0 aliphatic heterocycles. The highest BCUT2D eigenvalue weighted by molar-refractivity contribution is 6.19. The fraction of sp³-hybridized carbons (Fsp3) is 0. The molecular formula is C46H28N4O. The largest absolute Gasteiger partial charge is 0.456 e. The number of benzene rings is 6. The van der Waals surface area contributed by atoms with Crippen LogP contribution < -0.4 is 0 Å². The lowest BCUT2D eigenvalue weighted by Crippen LogP contribution is -1.95. The Morgan fingerprint density at radius 2 is 1.14 bits per heavy atom. The van der Waals surface area contributed by atoms with Crippen LogP contribution in [0.1, 0.15) is 0 Å². The first-order valence-corrected chi connectivity index (χ1v) is 17.2. The number of aromatic nitrogens is 4. The Bertz CT molecular complexity index is 3130. The summed E-state index contributed by atoms with van der Waals surface area (Å²) in [7, 11) is 0. The quantitative estimate of drug-likeness (QED) is 0.190. The van der Waals surface area contributed by atoms with Gasteiger partial charge in [0, 0.05) is 56.4 Å². The lowest BCUT2D eigenvalue weighted by molar-refractivity contribution is 0.669. The molecule has 5 nitrogen and oxygen atoms in total. The van der Waals surface area contributed by atoms with Crippen molar-refractivity contribution in [2.45, 2.75) is 0 Å². The van der Waals surface area contributed by atoms with Crippen molar-refractivity contribution >= 4 is 65.8 Å². The molecule has 6 aromatic carbocycles. The van der Waals surface area contributed by atoms with Gasteiger partial charge in [0.2, 0.25) is 0 Å². The number of hydrogen-bond donors (Lipinski definition) is 0. The molecule has 0 unspecified atom stereocenters. The van der Waals surface area contributed by atoms with Crippen LogP contribution in [0.4, 0.5) is 0 Å². The Balaban J connectivity index is 1.26. The SMILES string of the molecule is c1ccc(-c2ccc3c(c2-c2cnc4c5ncccc5n(-c5ccccc5)c4c2)c2ccccc2n3-c2ccc3oc4ccccc4c3c2)cc1. The maximum absolute atomic E-state index is 6.22. The van der Waals surface area contributed by atoms with E-state index in [0.717, 1.165) is 88.7 Å². The summed E-state index contributed by atoms with van der Waals surface area (Å²) in [6, 6.07) is 55.6. The smallest absolute Gasteiger partial charge is 0.135 e. The highest BCUT2D eigenvalue weighted by Gasteiger charge is 2.22. The minimum Gasteiger partial charge on any atom is -0.456 e. The van der Waals surface area contributed by atoms with Gasteiger partial charge < -0.3 is 13.6 Å². The molecule has 0 bridgehead atoms. The average Bonchev–Trinajstić information content (AvgIpc) is 3.85. The molecule has 0 spiro atoms. The van der Waals surface area contributed by atoms with Crippen LogP contribution in [0.2, 0.25) is 0 Å². The Kier molecular flexibility index (Phi) is 5.89. The number of fused-ring (bicyclic) bond motifs is 9. The fourth-order valence-electron chi connectivity index (χ4n) is 8.04. The van der Waals surface area contributed by atoms with E-state index in [9.17, 15) is 0 Å². The molecule has 0 aliphatic carbocycles. The van der Waals surface area contributed by atoms with Crippen molar-refractivity contribution in [3.63, 3.8) is 0 Å². The molecule has 5 heterocycles. The number of para-hydroxylation sites is 3. The highest BCUT2D eigenvalue weighted by Crippen LogP contribution is 2.45. The Labute approximate surface area is 292 Å². The first-order chi connectivity index (χ1) is 25.3. The fourth-order valence-corrected chi connectivity index (χ4v) is 8.04. The molecule has 5 heteroatoms. The second-order valence-electron chi connectivity index (χ2n) is 13.0. The van der Waals surface area contributed by atoms with Crippen LogP contribution in [0, 0.1) is 0 Å². The van der Waals surface area contributed by atoms with Gasteiger partial charge in [0.1, 0.15) is 22.2 Å². The number of pyridine rings is 2. The van der Waals surface area contributed by atoms with Crippen molar-refractivity contribution in [3.8, 4) is 33.6 Å². The molecule has 0 atom stereocenters. The molecule has 0 saturated carbocycles. The lowest BCUT2D eigenvalue weighted by atomic mass is 9.91. The number of rotatable bonds is 4. The van der Waals surface area contributed by atoms with Crippen molar-refractivity contribution in [1.29, 1.82) is 0 Å². The van der Waals surface area contributed by atoms with Gasteiger partial charge in [0.15, 0.2) is 0 Å². The third-order valence-electron chi connectivity index (χ3n) is 10.2. The van der Waals surface area contributed by atoms with Crippen LogP contribution in [0.5, 0.6) is 0 Å². The van der Waals surface area contributed by atoms with Gasteiger partial charge in [0.05, 0.1) is 22.1 Å². The molecule has 51 heavy (non-hydrogen) atoms. The van der Waals surface area contributed by atoms with E-state index in [-0.39, 0.29) is 0 Å². The Morgan fingerprint density at radius 3 is 2.02 bits per heavy atom. The van der Waals surface area contributed by atoms with Gasteiger partial charge in [-0.15, -0.1) is 0 Å². The molecule has 0 aliphatic rings. The zero-order chi connectivity index (χ0) is 33.5. The number of nitrogens with zero attached hydrogens (tertiary/aromatic N) is 4. The summed E-state index contributed by atoms with van der Waals surface area (Å²) in [6.45, 7) is 0. The van der Waals surface area contributed by atoms with Crippen LogP contribution in [-0.4, -0.2) is 19.1 Å². The van der Waals surface area contributed by atoms with Crippen molar-refractivity contribution in [2.24, 2.45) is 0 Å². The first kappa shape index (κ1) is 27.9. The minimum absolute atomic E-state index is 0.884. The second kappa shape index (κ2) is 10.8. The number of furan rings is 1. The zero-order valence-electron chi connectivity index (χ0n) is 27.4. The highest BCUT2D eigenvalue weighted by atomic mass is 16.3. The summed E-state index contributed by atoms with van der Waals surface area (Å²) in [4.78, 5) is 9.97. The van der Waals surface area contributed by atoms with Gasteiger partial charge in [-0.25, -0.2) is 0 Å². The molecule has 238 valence electrons. The van der Waals surface area contributed by atoms with E-state index in [2.05, 4.69) is 149 Å². The predicted octanol–water partition coefficient (Wildman–Crippen LogP) is 11.9. The molecule has 0 radical (unpaired) electrons. The third-order valence-corrected chi connectivity index (χ3v) is 10.2. The van der Waals surface area contributed by atoms with E-state index in [1.54, 1.807) is 0 Å². The van der Waals surface area contributed by atoms with Crippen LogP contribution in [0.3, 0.4) is 0 Å². The van der Waals surface area contributed by atoms with Crippen LogP contribution in [0.15, 0.2) is 175 Å². The minimum atomic E-state index is 0.884. The van der Waals surface area contributed by atoms with E-state index in [1.165, 1.54) is 10.8 Å². The maximum atomic E-state index is 6.22. The molecule has 0 fully saturated rings. The van der Waals surface area contributed by atoms with E-state index in [0.29, 0.717) is 0 Å². The zero-order valence-corrected chi connectivity index (χ0v) is 27.4. The van der Waals surface area contributed by atoms with E-state index in [1.807, 2.05) is 30.6 Å². The topological polar surface area (TPSA) is 48.8 Å². The molecule has 11 aromatic rings. The maximum Gasteiger partial charge on any atom is 0.135 e. The molecule has 5 aromatic heterocycles. The summed E-state index contributed by atoms with van der Waals surface area (Å²) < 4.78 is 10.9. The van der Waals surface area contributed by atoms with Gasteiger partial charge in [0.25, 0.3) is 0 Å².